The molecule has 0 spiro atoms. The predicted octanol–water partition coefficient (Wildman–Crippen LogP) is 5.03. The lowest BCUT2D eigenvalue weighted by Gasteiger charge is -2.14. The van der Waals surface area contributed by atoms with Gasteiger partial charge >= 0.3 is 0 Å². The summed E-state index contributed by atoms with van der Waals surface area (Å²) in [7, 11) is 0. The molecule has 1 amide bonds. The quantitative estimate of drug-likeness (QED) is 0.501. The Morgan fingerprint density at radius 3 is 2.68 bits per heavy atom. The van der Waals surface area contributed by atoms with Crippen molar-refractivity contribution in [3.63, 3.8) is 0 Å². The number of hydrogen-bond acceptors (Lipinski definition) is 4. The maximum absolute atomic E-state index is 12.6. The first-order valence-electron chi connectivity index (χ1n) is 9.16. The zero-order chi connectivity index (χ0) is 19.5. The highest BCUT2D eigenvalue weighted by molar-refractivity contribution is 7.15. The number of anilines is 1. The molecule has 0 atom stereocenters. The van der Waals surface area contributed by atoms with Gasteiger partial charge in [-0.1, -0.05) is 42.5 Å². The maximum Gasteiger partial charge on any atom is 0.230 e. The Hall–Kier alpha value is -3.12. The van der Waals surface area contributed by atoms with Gasteiger partial charge in [-0.3, -0.25) is 9.20 Å². The van der Waals surface area contributed by atoms with Crippen molar-refractivity contribution in [3.8, 4) is 17.0 Å². The predicted molar refractivity (Wildman–Crippen MR) is 113 cm³/mol. The number of ether oxygens (including phenoxy) is 1. The molecular weight excluding hydrogens is 370 g/mol. The number of thiazole rings is 1. The average molecular weight is 391 g/mol. The number of fused-ring (bicyclic) bond motifs is 1. The molecule has 28 heavy (non-hydrogen) atoms. The molecule has 2 aromatic heterocycles. The van der Waals surface area contributed by atoms with Crippen LogP contribution in [0.5, 0.6) is 5.75 Å². The maximum atomic E-state index is 12.6. The van der Waals surface area contributed by atoms with Crippen LogP contribution < -0.4 is 10.1 Å². The minimum absolute atomic E-state index is 0.0388. The fourth-order valence-electron chi connectivity index (χ4n) is 2.99. The summed E-state index contributed by atoms with van der Waals surface area (Å²) in [5.74, 6) is 0.588. The van der Waals surface area contributed by atoms with Gasteiger partial charge in [-0.05, 0) is 26.0 Å². The number of hydrogen-bond donors (Lipinski definition) is 1. The van der Waals surface area contributed by atoms with Crippen LogP contribution in [0.3, 0.4) is 0 Å². The summed E-state index contributed by atoms with van der Waals surface area (Å²) in [6.45, 7) is 3.92. The van der Waals surface area contributed by atoms with Gasteiger partial charge in [-0.25, -0.2) is 4.98 Å². The van der Waals surface area contributed by atoms with Crippen LogP contribution in [0.15, 0.2) is 66.2 Å². The summed E-state index contributed by atoms with van der Waals surface area (Å²) in [4.78, 5) is 18.2. The SMILES string of the molecule is CC(C)Oc1ccccc1NC(=O)Cc1csc2nc(-c3ccccc3)cn12. The first-order valence-corrected chi connectivity index (χ1v) is 10.0. The van der Waals surface area contributed by atoms with Crippen molar-refractivity contribution in [1.82, 2.24) is 9.38 Å². The van der Waals surface area contributed by atoms with Crippen LogP contribution in [-0.4, -0.2) is 21.4 Å². The van der Waals surface area contributed by atoms with Crippen LogP contribution in [0.2, 0.25) is 0 Å². The monoisotopic (exact) mass is 391 g/mol. The topological polar surface area (TPSA) is 55.6 Å². The molecule has 6 heteroatoms. The van der Waals surface area contributed by atoms with Crippen LogP contribution in [0, 0.1) is 0 Å². The molecule has 2 heterocycles. The third-order valence-electron chi connectivity index (χ3n) is 4.22. The number of imidazole rings is 1. The zero-order valence-electron chi connectivity index (χ0n) is 15.8. The molecule has 4 rings (SSSR count). The van der Waals surface area contributed by atoms with E-state index in [-0.39, 0.29) is 18.4 Å². The Labute approximate surface area is 167 Å². The smallest absolute Gasteiger partial charge is 0.230 e. The Bertz CT molecular complexity index is 1100. The summed E-state index contributed by atoms with van der Waals surface area (Å²) in [5.41, 5.74) is 3.57. The molecule has 0 saturated carbocycles. The van der Waals surface area contributed by atoms with E-state index in [4.69, 9.17) is 4.74 Å². The summed E-state index contributed by atoms with van der Waals surface area (Å²) in [6, 6.07) is 17.5. The summed E-state index contributed by atoms with van der Waals surface area (Å²) >= 11 is 1.54. The molecule has 0 aliphatic rings. The van der Waals surface area contributed by atoms with Crippen molar-refractivity contribution >= 4 is 27.9 Å². The number of aromatic nitrogens is 2. The first kappa shape index (κ1) is 18.3. The molecule has 0 aliphatic heterocycles. The molecule has 0 aliphatic carbocycles. The number of benzene rings is 2. The Balaban J connectivity index is 1.52. The lowest BCUT2D eigenvalue weighted by molar-refractivity contribution is -0.115. The number of nitrogens with one attached hydrogen (secondary N) is 1. The van der Waals surface area contributed by atoms with Gasteiger partial charge in [0.05, 0.1) is 23.9 Å². The van der Waals surface area contributed by atoms with Crippen LogP contribution in [0.1, 0.15) is 19.5 Å². The molecule has 142 valence electrons. The van der Waals surface area contributed by atoms with Gasteiger partial charge in [0, 0.05) is 22.8 Å². The van der Waals surface area contributed by atoms with Gasteiger partial charge in [0.1, 0.15) is 5.75 Å². The zero-order valence-corrected chi connectivity index (χ0v) is 16.6. The molecule has 4 aromatic rings. The molecule has 1 N–H and O–H groups in total. The van der Waals surface area contributed by atoms with E-state index in [9.17, 15) is 4.79 Å². The van der Waals surface area contributed by atoms with Gasteiger partial charge in [-0.2, -0.15) is 0 Å². The second-order valence-electron chi connectivity index (χ2n) is 6.76. The second-order valence-corrected chi connectivity index (χ2v) is 7.60. The number of carbonyl (C=O) groups is 1. The molecular formula is C22H21N3O2S. The van der Waals surface area contributed by atoms with Crippen molar-refractivity contribution in [2.45, 2.75) is 26.4 Å². The minimum Gasteiger partial charge on any atom is -0.489 e. The van der Waals surface area contributed by atoms with Gasteiger partial charge in [0.2, 0.25) is 5.91 Å². The van der Waals surface area contributed by atoms with E-state index in [1.54, 1.807) is 0 Å². The van der Waals surface area contributed by atoms with E-state index in [1.165, 1.54) is 11.3 Å². The highest BCUT2D eigenvalue weighted by Gasteiger charge is 2.14. The standard InChI is InChI=1S/C22H21N3O2S/c1-15(2)27-20-11-7-6-10-18(20)23-21(26)12-17-14-28-22-24-19(13-25(17)22)16-8-4-3-5-9-16/h3-11,13-15H,12H2,1-2H3,(H,23,26). The number of rotatable bonds is 6. The van der Waals surface area contributed by atoms with Crippen molar-refractivity contribution in [1.29, 1.82) is 0 Å². The van der Waals surface area contributed by atoms with Crippen molar-refractivity contribution < 1.29 is 9.53 Å². The highest BCUT2D eigenvalue weighted by atomic mass is 32.1. The van der Waals surface area contributed by atoms with Gasteiger partial charge in [0.15, 0.2) is 4.96 Å². The summed E-state index contributed by atoms with van der Waals surface area (Å²) in [6.07, 6.45) is 2.29. The molecule has 0 fully saturated rings. The third kappa shape index (κ3) is 3.92. The fourth-order valence-corrected chi connectivity index (χ4v) is 3.86. The van der Waals surface area contributed by atoms with Crippen molar-refractivity contribution in [3.05, 3.63) is 71.9 Å². The fraction of sp³-hybridized carbons (Fsp3) is 0.182. The lowest BCUT2D eigenvalue weighted by Crippen LogP contribution is -2.17. The Morgan fingerprint density at radius 1 is 1.14 bits per heavy atom. The molecule has 5 nitrogen and oxygen atoms in total. The summed E-state index contributed by atoms with van der Waals surface area (Å²) in [5, 5.41) is 4.94. The van der Waals surface area contributed by atoms with Crippen molar-refractivity contribution in [2.75, 3.05) is 5.32 Å². The van der Waals surface area contributed by atoms with E-state index in [0.29, 0.717) is 11.4 Å². The molecule has 0 radical (unpaired) electrons. The lowest BCUT2D eigenvalue weighted by atomic mass is 10.2. The Morgan fingerprint density at radius 2 is 1.89 bits per heavy atom. The van der Waals surface area contributed by atoms with Crippen LogP contribution in [-0.2, 0) is 11.2 Å². The largest absolute Gasteiger partial charge is 0.489 e. The van der Waals surface area contributed by atoms with Crippen LogP contribution in [0.4, 0.5) is 5.69 Å². The van der Waals surface area contributed by atoms with E-state index in [0.717, 1.165) is 21.9 Å². The number of amides is 1. The average Bonchev–Trinajstić information content (AvgIpc) is 3.26. The second kappa shape index (κ2) is 7.86. The van der Waals surface area contributed by atoms with E-state index >= 15 is 0 Å². The molecule has 0 saturated heterocycles. The molecule has 2 aromatic carbocycles. The van der Waals surface area contributed by atoms with E-state index in [1.807, 2.05) is 84.4 Å². The number of carbonyl (C=O) groups excluding carboxylic acids is 1. The highest BCUT2D eigenvalue weighted by Crippen LogP contribution is 2.26. The minimum atomic E-state index is -0.0885. The molecule has 0 bridgehead atoms. The van der Waals surface area contributed by atoms with E-state index < -0.39 is 0 Å². The van der Waals surface area contributed by atoms with E-state index in [2.05, 4.69) is 10.3 Å². The third-order valence-corrected chi connectivity index (χ3v) is 5.11. The van der Waals surface area contributed by atoms with Crippen LogP contribution in [0.25, 0.3) is 16.2 Å². The van der Waals surface area contributed by atoms with Gasteiger partial charge < -0.3 is 10.1 Å². The van der Waals surface area contributed by atoms with Gasteiger partial charge in [0.25, 0.3) is 0 Å². The normalized spacial score (nSPS) is 11.1. The summed E-state index contributed by atoms with van der Waals surface area (Å²) < 4.78 is 7.77. The number of para-hydroxylation sites is 2. The molecule has 0 unspecified atom stereocenters. The Kier molecular flexibility index (Phi) is 5.12. The number of nitrogens with zero attached hydrogens (tertiary/aromatic N) is 2. The van der Waals surface area contributed by atoms with Crippen LogP contribution >= 0.6 is 11.3 Å². The van der Waals surface area contributed by atoms with Gasteiger partial charge in [-0.15, -0.1) is 11.3 Å². The first-order chi connectivity index (χ1) is 13.6. The van der Waals surface area contributed by atoms with Crippen molar-refractivity contribution in [2.24, 2.45) is 0 Å².